The summed E-state index contributed by atoms with van der Waals surface area (Å²) >= 11 is 0. The van der Waals surface area contributed by atoms with Gasteiger partial charge in [0.1, 0.15) is 5.82 Å². The summed E-state index contributed by atoms with van der Waals surface area (Å²) in [5, 5.41) is 0. The first-order chi connectivity index (χ1) is 9.70. The van der Waals surface area contributed by atoms with E-state index in [2.05, 4.69) is 21.0 Å². The Bertz CT molecular complexity index is 510. The van der Waals surface area contributed by atoms with Crippen LogP contribution in [0.1, 0.15) is 25.1 Å². The smallest absolute Gasteiger partial charge is 0.223 e. The number of amides is 1. The van der Waals surface area contributed by atoms with Crippen LogP contribution in [-0.4, -0.2) is 50.4 Å². The zero-order chi connectivity index (χ0) is 14.1. The Kier molecular flexibility index (Phi) is 3.61. The molecule has 20 heavy (non-hydrogen) atoms. The molecule has 5 nitrogen and oxygen atoms in total. The number of imidazole rings is 1. The van der Waals surface area contributed by atoms with Crippen molar-refractivity contribution < 1.29 is 4.79 Å². The Morgan fingerprint density at radius 2 is 2.30 bits per heavy atom. The number of piperidine rings is 1. The van der Waals surface area contributed by atoms with Gasteiger partial charge in [-0.2, -0.15) is 0 Å². The van der Waals surface area contributed by atoms with Gasteiger partial charge >= 0.3 is 0 Å². The van der Waals surface area contributed by atoms with Crippen LogP contribution in [0.3, 0.4) is 0 Å². The third-order valence-corrected chi connectivity index (χ3v) is 4.59. The van der Waals surface area contributed by atoms with Gasteiger partial charge in [0.15, 0.2) is 0 Å². The summed E-state index contributed by atoms with van der Waals surface area (Å²) in [4.78, 5) is 21.0. The van der Waals surface area contributed by atoms with Crippen molar-refractivity contribution in [2.24, 2.45) is 7.05 Å². The van der Waals surface area contributed by atoms with E-state index in [1.807, 2.05) is 30.4 Å². The molecule has 2 fully saturated rings. The predicted octanol–water partition coefficient (Wildman–Crippen LogP) is 1.17. The molecule has 0 saturated carbocycles. The normalized spacial score (nSPS) is 26.9. The lowest BCUT2D eigenvalue weighted by Gasteiger charge is -2.39. The molecule has 0 aromatic carbocycles. The maximum absolute atomic E-state index is 12.0. The van der Waals surface area contributed by atoms with Gasteiger partial charge in [0.2, 0.25) is 5.91 Å². The van der Waals surface area contributed by atoms with Crippen LogP contribution in [0.5, 0.6) is 0 Å². The summed E-state index contributed by atoms with van der Waals surface area (Å²) in [6.07, 6.45) is 8.36. The van der Waals surface area contributed by atoms with Crippen LogP contribution in [0.2, 0.25) is 0 Å². The molecule has 1 amide bonds. The molecule has 0 N–H and O–H groups in total. The first-order valence-corrected chi connectivity index (χ1v) is 7.31. The Labute approximate surface area is 119 Å². The molecule has 5 heteroatoms. The van der Waals surface area contributed by atoms with Crippen molar-refractivity contribution in [1.82, 2.24) is 19.4 Å². The Hall–Kier alpha value is -1.62. The van der Waals surface area contributed by atoms with E-state index in [1.165, 1.54) is 0 Å². The van der Waals surface area contributed by atoms with Gasteiger partial charge in [-0.25, -0.2) is 4.98 Å². The standard InChI is InChI=1S/C15H22N4O/c1-3-8-19-13-6-9-18(12(13)4-5-15(19)20)11-14-16-7-10-17(14)2/h3,7,10,12-13H,1,4-6,8-9,11H2,2H3/t12-,13-/m0/s1. The van der Waals surface area contributed by atoms with E-state index in [1.54, 1.807) is 0 Å². The fourth-order valence-corrected chi connectivity index (χ4v) is 3.54. The molecule has 1 aromatic rings. The van der Waals surface area contributed by atoms with E-state index in [9.17, 15) is 4.79 Å². The van der Waals surface area contributed by atoms with Gasteiger partial charge in [0.05, 0.1) is 6.54 Å². The van der Waals surface area contributed by atoms with Gasteiger partial charge in [-0.1, -0.05) is 6.08 Å². The van der Waals surface area contributed by atoms with E-state index >= 15 is 0 Å². The number of hydrogen-bond acceptors (Lipinski definition) is 3. The molecule has 1 aromatic heterocycles. The third kappa shape index (κ3) is 2.26. The highest BCUT2D eigenvalue weighted by atomic mass is 16.2. The minimum Gasteiger partial charge on any atom is -0.337 e. The molecular formula is C15H22N4O. The second-order valence-electron chi connectivity index (χ2n) is 5.72. The number of fused-ring (bicyclic) bond motifs is 1. The highest BCUT2D eigenvalue weighted by Gasteiger charge is 2.42. The van der Waals surface area contributed by atoms with Gasteiger partial charge in [-0.05, 0) is 12.8 Å². The molecule has 108 valence electrons. The highest BCUT2D eigenvalue weighted by molar-refractivity contribution is 5.78. The van der Waals surface area contributed by atoms with Crippen LogP contribution in [-0.2, 0) is 18.4 Å². The molecule has 2 atom stereocenters. The van der Waals surface area contributed by atoms with Crippen LogP contribution in [0.15, 0.2) is 25.0 Å². The number of carbonyl (C=O) groups is 1. The molecule has 0 bridgehead atoms. The topological polar surface area (TPSA) is 41.4 Å². The zero-order valence-corrected chi connectivity index (χ0v) is 12.0. The third-order valence-electron chi connectivity index (χ3n) is 4.59. The molecule has 2 aliphatic rings. The van der Waals surface area contributed by atoms with E-state index < -0.39 is 0 Å². The molecule has 2 aliphatic heterocycles. The quantitative estimate of drug-likeness (QED) is 0.774. The van der Waals surface area contributed by atoms with Crippen molar-refractivity contribution in [3.8, 4) is 0 Å². The van der Waals surface area contributed by atoms with Crippen LogP contribution in [0.4, 0.5) is 0 Å². The Morgan fingerprint density at radius 1 is 1.45 bits per heavy atom. The summed E-state index contributed by atoms with van der Waals surface area (Å²) in [5.41, 5.74) is 0. The molecule has 3 heterocycles. The van der Waals surface area contributed by atoms with E-state index in [0.29, 0.717) is 25.0 Å². The number of aromatic nitrogens is 2. The first-order valence-electron chi connectivity index (χ1n) is 7.31. The fraction of sp³-hybridized carbons (Fsp3) is 0.600. The number of aryl methyl sites for hydroxylation is 1. The van der Waals surface area contributed by atoms with Crippen molar-refractivity contribution in [3.05, 3.63) is 30.9 Å². The van der Waals surface area contributed by atoms with Gasteiger partial charge in [0.25, 0.3) is 0 Å². The van der Waals surface area contributed by atoms with Crippen molar-refractivity contribution in [3.63, 3.8) is 0 Å². The largest absolute Gasteiger partial charge is 0.337 e. The number of carbonyl (C=O) groups excluding carboxylic acids is 1. The van der Waals surface area contributed by atoms with E-state index in [0.717, 1.165) is 31.8 Å². The fourth-order valence-electron chi connectivity index (χ4n) is 3.54. The second kappa shape index (κ2) is 5.40. The van der Waals surface area contributed by atoms with Crippen LogP contribution in [0.25, 0.3) is 0 Å². The zero-order valence-electron chi connectivity index (χ0n) is 12.0. The van der Waals surface area contributed by atoms with E-state index in [-0.39, 0.29) is 5.91 Å². The first kappa shape index (κ1) is 13.4. The monoisotopic (exact) mass is 274 g/mol. The van der Waals surface area contributed by atoms with Crippen molar-refractivity contribution in [1.29, 1.82) is 0 Å². The lowest BCUT2D eigenvalue weighted by molar-refractivity contribution is -0.136. The summed E-state index contributed by atoms with van der Waals surface area (Å²) in [5.74, 6) is 1.38. The summed E-state index contributed by atoms with van der Waals surface area (Å²) in [6.45, 7) is 6.37. The highest BCUT2D eigenvalue weighted by Crippen LogP contribution is 2.32. The van der Waals surface area contributed by atoms with Gasteiger partial charge in [-0.3, -0.25) is 9.69 Å². The maximum Gasteiger partial charge on any atom is 0.223 e. The average Bonchev–Trinajstić information content (AvgIpc) is 3.01. The molecule has 3 rings (SSSR count). The molecule has 2 saturated heterocycles. The summed E-state index contributed by atoms with van der Waals surface area (Å²) in [7, 11) is 2.03. The van der Waals surface area contributed by atoms with Gasteiger partial charge in [-0.15, -0.1) is 6.58 Å². The SMILES string of the molecule is C=CCN1C(=O)CC[C@H]2[C@@H]1CCN2Cc1nccn1C. The Morgan fingerprint density at radius 3 is 3.00 bits per heavy atom. The molecule has 0 spiro atoms. The van der Waals surface area contributed by atoms with Crippen LogP contribution < -0.4 is 0 Å². The van der Waals surface area contributed by atoms with Crippen LogP contribution in [0, 0.1) is 0 Å². The minimum atomic E-state index is 0.282. The molecule has 0 unspecified atom stereocenters. The Balaban J connectivity index is 1.73. The van der Waals surface area contributed by atoms with Crippen LogP contribution >= 0.6 is 0 Å². The second-order valence-corrected chi connectivity index (χ2v) is 5.72. The number of likely N-dealkylation sites (tertiary alicyclic amines) is 2. The van der Waals surface area contributed by atoms with Gasteiger partial charge < -0.3 is 9.47 Å². The lowest BCUT2D eigenvalue weighted by atomic mass is 9.96. The van der Waals surface area contributed by atoms with Crippen molar-refractivity contribution >= 4 is 5.91 Å². The van der Waals surface area contributed by atoms with Gasteiger partial charge in [0, 0.05) is 51.0 Å². The number of nitrogens with zero attached hydrogens (tertiary/aromatic N) is 4. The molecule has 0 aliphatic carbocycles. The summed E-state index contributed by atoms with van der Waals surface area (Å²) in [6, 6.07) is 0.832. The van der Waals surface area contributed by atoms with Crippen molar-refractivity contribution in [2.45, 2.75) is 37.9 Å². The van der Waals surface area contributed by atoms with Crippen molar-refractivity contribution in [2.75, 3.05) is 13.1 Å². The summed E-state index contributed by atoms with van der Waals surface area (Å²) < 4.78 is 2.07. The average molecular weight is 274 g/mol. The van der Waals surface area contributed by atoms with E-state index in [4.69, 9.17) is 0 Å². The minimum absolute atomic E-state index is 0.282. The molecule has 0 radical (unpaired) electrons. The number of rotatable bonds is 4. The predicted molar refractivity (Wildman–Crippen MR) is 77.0 cm³/mol. The lowest BCUT2D eigenvalue weighted by Crippen LogP contribution is -2.52. The maximum atomic E-state index is 12.0. The molecular weight excluding hydrogens is 252 g/mol. The number of hydrogen-bond donors (Lipinski definition) is 0.